The molecule has 0 aliphatic carbocycles. The van der Waals surface area contributed by atoms with Gasteiger partial charge in [0.2, 0.25) is 0 Å². The molecule has 0 saturated heterocycles. The summed E-state index contributed by atoms with van der Waals surface area (Å²) in [7, 11) is 1.51. The molecule has 1 heterocycles. The molecular formula is C9H8N4O2. The Balaban J connectivity index is 2.48. The molecule has 0 amide bonds. The Morgan fingerprint density at radius 3 is 2.93 bits per heavy atom. The molecule has 0 radical (unpaired) electrons. The second-order valence-corrected chi connectivity index (χ2v) is 2.80. The van der Waals surface area contributed by atoms with Crippen LogP contribution in [0.25, 0.3) is 5.69 Å². The van der Waals surface area contributed by atoms with Crippen LogP contribution in [-0.4, -0.2) is 33.6 Å². The van der Waals surface area contributed by atoms with Crippen molar-refractivity contribution in [1.29, 1.82) is 0 Å². The molecule has 76 valence electrons. The van der Waals surface area contributed by atoms with Crippen LogP contribution in [0.5, 0.6) is 5.75 Å². The molecule has 6 heteroatoms. The molecule has 0 aliphatic rings. The minimum atomic E-state index is 0.463. The largest absolute Gasteiger partial charge is 0.496 e. The zero-order chi connectivity index (χ0) is 10.7. The van der Waals surface area contributed by atoms with Gasteiger partial charge in [0.05, 0.1) is 18.4 Å². The van der Waals surface area contributed by atoms with E-state index in [-0.39, 0.29) is 0 Å². The van der Waals surface area contributed by atoms with Crippen molar-refractivity contribution >= 4 is 6.29 Å². The van der Waals surface area contributed by atoms with E-state index in [1.54, 1.807) is 18.2 Å². The molecule has 0 spiro atoms. The van der Waals surface area contributed by atoms with E-state index in [4.69, 9.17) is 4.74 Å². The Morgan fingerprint density at radius 2 is 2.33 bits per heavy atom. The average molecular weight is 204 g/mol. The fourth-order valence-electron chi connectivity index (χ4n) is 1.24. The van der Waals surface area contributed by atoms with Gasteiger partial charge in [0.1, 0.15) is 12.1 Å². The minimum absolute atomic E-state index is 0.463. The fraction of sp³-hybridized carbons (Fsp3) is 0.111. The van der Waals surface area contributed by atoms with Gasteiger partial charge in [-0.25, -0.2) is 4.68 Å². The lowest BCUT2D eigenvalue weighted by Gasteiger charge is -2.05. The maximum absolute atomic E-state index is 10.8. The van der Waals surface area contributed by atoms with Gasteiger partial charge >= 0.3 is 0 Å². The summed E-state index contributed by atoms with van der Waals surface area (Å²) in [5, 5.41) is 10.7. The third kappa shape index (κ3) is 1.69. The van der Waals surface area contributed by atoms with Gasteiger partial charge < -0.3 is 4.74 Å². The maximum Gasteiger partial charge on any atom is 0.153 e. The molecule has 0 aliphatic heterocycles. The molecule has 0 atom stereocenters. The lowest BCUT2D eigenvalue weighted by molar-refractivity contribution is 0.112. The van der Waals surface area contributed by atoms with Crippen LogP contribution in [0.1, 0.15) is 10.4 Å². The van der Waals surface area contributed by atoms with Crippen molar-refractivity contribution in [2.24, 2.45) is 0 Å². The first-order chi connectivity index (χ1) is 7.35. The summed E-state index contributed by atoms with van der Waals surface area (Å²) in [5.74, 6) is 0.529. The van der Waals surface area contributed by atoms with Crippen LogP contribution in [-0.2, 0) is 0 Å². The highest BCUT2D eigenvalue weighted by Gasteiger charge is 2.05. The molecule has 1 aromatic carbocycles. The molecule has 0 fully saturated rings. The summed E-state index contributed by atoms with van der Waals surface area (Å²) in [6.07, 6.45) is 2.18. The summed E-state index contributed by atoms with van der Waals surface area (Å²) in [6, 6.07) is 5.12. The van der Waals surface area contributed by atoms with Crippen LogP contribution < -0.4 is 4.74 Å². The molecule has 6 nitrogen and oxygen atoms in total. The SMILES string of the molecule is COc1ccc(-n2cnnn2)cc1C=O. The first kappa shape index (κ1) is 9.32. The number of carbonyl (C=O) groups excluding carboxylic acids is 1. The van der Waals surface area contributed by atoms with Crippen molar-refractivity contribution in [3.05, 3.63) is 30.1 Å². The Kier molecular flexibility index (Phi) is 2.40. The summed E-state index contributed by atoms with van der Waals surface area (Å²) < 4.78 is 6.48. The molecule has 2 aromatic rings. The number of nitrogens with zero attached hydrogens (tertiary/aromatic N) is 4. The zero-order valence-corrected chi connectivity index (χ0v) is 7.99. The highest BCUT2D eigenvalue weighted by Crippen LogP contribution is 2.19. The number of hydrogen-bond donors (Lipinski definition) is 0. The van der Waals surface area contributed by atoms with Crippen molar-refractivity contribution < 1.29 is 9.53 Å². The predicted octanol–water partition coefficient (Wildman–Crippen LogP) is 0.483. The van der Waals surface area contributed by atoms with Crippen molar-refractivity contribution in [2.75, 3.05) is 7.11 Å². The third-order valence-corrected chi connectivity index (χ3v) is 1.95. The Hall–Kier alpha value is -2.24. The Bertz CT molecular complexity index is 467. The van der Waals surface area contributed by atoms with Crippen LogP contribution >= 0.6 is 0 Å². The molecule has 15 heavy (non-hydrogen) atoms. The first-order valence-corrected chi connectivity index (χ1v) is 4.21. The Labute approximate surface area is 85.5 Å². The van der Waals surface area contributed by atoms with Crippen molar-refractivity contribution in [1.82, 2.24) is 20.2 Å². The van der Waals surface area contributed by atoms with E-state index in [0.717, 1.165) is 6.29 Å². The van der Waals surface area contributed by atoms with E-state index in [0.29, 0.717) is 17.0 Å². The molecule has 0 bridgehead atoms. The molecule has 0 N–H and O–H groups in total. The molecule has 0 unspecified atom stereocenters. The number of aldehydes is 1. The van der Waals surface area contributed by atoms with Gasteiger partial charge in [-0.3, -0.25) is 4.79 Å². The smallest absolute Gasteiger partial charge is 0.153 e. The Morgan fingerprint density at radius 1 is 1.47 bits per heavy atom. The molecule has 0 saturated carbocycles. The molecule has 1 aromatic heterocycles. The van der Waals surface area contributed by atoms with Crippen LogP contribution in [0.15, 0.2) is 24.5 Å². The van der Waals surface area contributed by atoms with Crippen LogP contribution in [0.2, 0.25) is 0 Å². The summed E-state index contributed by atoms with van der Waals surface area (Å²) in [4.78, 5) is 10.8. The number of aromatic nitrogens is 4. The molecule has 2 rings (SSSR count). The zero-order valence-electron chi connectivity index (χ0n) is 7.99. The third-order valence-electron chi connectivity index (χ3n) is 1.95. The monoisotopic (exact) mass is 204 g/mol. The van der Waals surface area contributed by atoms with E-state index < -0.39 is 0 Å². The maximum atomic E-state index is 10.8. The van der Waals surface area contributed by atoms with Gasteiger partial charge in [-0.1, -0.05) is 0 Å². The first-order valence-electron chi connectivity index (χ1n) is 4.21. The van der Waals surface area contributed by atoms with E-state index in [1.807, 2.05) is 0 Å². The van der Waals surface area contributed by atoms with Crippen molar-refractivity contribution in [2.45, 2.75) is 0 Å². The lowest BCUT2D eigenvalue weighted by Crippen LogP contribution is -1.98. The number of tetrazole rings is 1. The van der Waals surface area contributed by atoms with Crippen molar-refractivity contribution in [3.8, 4) is 11.4 Å². The van der Waals surface area contributed by atoms with Gasteiger partial charge in [-0.05, 0) is 28.6 Å². The summed E-state index contributed by atoms with van der Waals surface area (Å²) in [5.41, 5.74) is 1.17. The standard InChI is InChI=1S/C9H8N4O2/c1-15-9-3-2-8(4-7(9)5-14)13-6-10-11-12-13/h2-6H,1H3. The quantitative estimate of drug-likeness (QED) is 0.680. The van der Waals surface area contributed by atoms with Crippen LogP contribution in [0.3, 0.4) is 0 Å². The predicted molar refractivity (Wildman–Crippen MR) is 51.1 cm³/mol. The number of benzene rings is 1. The van der Waals surface area contributed by atoms with Gasteiger partial charge in [-0.15, -0.1) is 5.10 Å². The second kappa shape index (κ2) is 3.87. The topological polar surface area (TPSA) is 69.9 Å². The summed E-state index contributed by atoms with van der Waals surface area (Å²) >= 11 is 0. The van der Waals surface area contributed by atoms with Crippen LogP contribution in [0, 0.1) is 0 Å². The number of rotatable bonds is 3. The number of methoxy groups -OCH3 is 1. The second-order valence-electron chi connectivity index (χ2n) is 2.80. The van der Waals surface area contributed by atoms with Crippen LogP contribution in [0.4, 0.5) is 0 Å². The van der Waals surface area contributed by atoms with Gasteiger partial charge in [-0.2, -0.15) is 0 Å². The van der Waals surface area contributed by atoms with E-state index in [9.17, 15) is 4.79 Å². The number of ether oxygens (including phenoxy) is 1. The van der Waals surface area contributed by atoms with E-state index in [1.165, 1.54) is 18.1 Å². The lowest BCUT2D eigenvalue weighted by atomic mass is 10.2. The average Bonchev–Trinajstić information content (AvgIpc) is 2.81. The summed E-state index contributed by atoms with van der Waals surface area (Å²) in [6.45, 7) is 0. The highest BCUT2D eigenvalue weighted by molar-refractivity contribution is 5.80. The molecular weight excluding hydrogens is 196 g/mol. The van der Waals surface area contributed by atoms with Gasteiger partial charge in [0.15, 0.2) is 6.29 Å². The van der Waals surface area contributed by atoms with Crippen molar-refractivity contribution in [3.63, 3.8) is 0 Å². The fourth-order valence-corrected chi connectivity index (χ4v) is 1.24. The highest BCUT2D eigenvalue weighted by atomic mass is 16.5. The van der Waals surface area contributed by atoms with E-state index >= 15 is 0 Å². The van der Waals surface area contributed by atoms with Gasteiger partial charge in [0, 0.05) is 0 Å². The normalized spacial score (nSPS) is 9.93. The minimum Gasteiger partial charge on any atom is -0.496 e. The van der Waals surface area contributed by atoms with E-state index in [2.05, 4.69) is 15.5 Å². The van der Waals surface area contributed by atoms with Gasteiger partial charge in [0.25, 0.3) is 0 Å². The number of hydrogen-bond acceptors (Lipinski definition) is 5. The number of carbonyl (C=O) groups is 1.